The summed E-state index contributed by atoms with van der Waals surface area (Å²) in [6.45, 7) is 1.22. The smallest absolute Gasteiger partial charge is 0.0717 e. The highest BCUT2D eigenvalue weighted by atomic mass is 16.5. The second-order valence-corrected chi connectivity index (χ2v) is 4.45. The second kappa shape index (κ2) is 8.46. The van der Waals surface area contributed by atoms with Crippen molar-refractivity contribution in [2.75, 3.05) is 6.61 Å². The molecule has 0 amide bonds. The summed E-state index contributed by atoms with van der Waals surface area (Å²) in [5.41, 5.74) is 8.49. The van der Waals surface area contributed by atoms with Crippen LogP contribution in [0.4, 0.5) is 0 Å². The Bertz CT molecular complexity index is 441. The number of rotatable bonds is 6. The van der Waals surface area contributed by atoms with Crippen molar-refractivity contribution in [3.05, 3.63) is 71.8 Å². The van der Waals surface area contributed by atoms with Crippen LogP contribution in [0.15, 0.2) is 60.7 Å². The molecule has 2 nitrogen and oxygen atoms in total. The standard InChI is InChI=1S/C16H19NO.CH4/c17-16(11-14-7-3-1-4-8-14)13-18-12-15-9-5-2-6-10-15;/h1-10,16H,11-13,17H2;1H4/t16-;/m0./s1. The van der Waals surface area contributed by atoms with E-state index in [2.05, 4.69) is 24.3 Å². The van der Waals surface area contributed by atoms with Crippen LogP contribution in [-0.2, 0) is 17.8 Å². The van der Waals surface area contributed by atoms with E-state index in [9.17, 15) is 0 Å². The number of hydrogen-bond donors (Lipinski definition) is 1. The zero-order chi connectivity index (χ0) is 12.6. The van der Waals surface area contributed by atoms with Crippen LogP contribution in [0.3, 0.4) is 0 Å². The SMILES string of the molecule is C.N[C@H](COCc1ccccc1)Cc1ccccc1. The van der Waals surface area contributed by atoms with Gasteiger partial charge in [0.15, 0.2) is 0 Å². The number of ether oxygens (including phenoxy) is 1. The molecule has 2 N–H and O–H groups in total. The van der Waals surface area contributed by atoms with Crippen molar-refractivity contribution < 1.29 is 4.74 Å². The summed E-state index contributed by atoms with van der Waals surface area (Å²) in [6, 6.07) is 20.5. The Morgan fingerprint density at radius 1 is 0.842 bits per heavy atom. The lowest BCUT2D eigenvalue weighted by molar-refractivity contribution is 0.108. The second-order valence-electron chi connectivity index (χ2n) is 4.45. The Morgan fingerprint density at radius 2 is 1.37 bits per heavy atom. The van der Waals surface area contributed by atoms with E-state index in [1.807, 2.05) is 36.4 Å². The maximum Gasteiger partial charge on any atom is 0.0717 e. The van der Waals surface area contributed by atoms with Crippen LogP contribution < -0.4 is 5.73 Å². The highest BCUT2D eigenvalue weighted by Gasteiger charge is 2.04. The molecule has 0 unspecified atom stereocenters. The summed E-state index contributed by atoms with van der Waals surface area (Å²) in [5, 5.41) is 0. The van der Waals surface area contributed by atoms with Gasteiger partial charge in [0.05, 0.1) is 13.2 Å². The van der Waals surface area contributed by atoms with Crippen LogP contribution in [0.1, 0.15) is 18.6 Å². The van der Waals surface area contributed by atoms with E-state index < -0.39 is 0 Å². The minimum Gasteiger partial charge on any atom is -0.375 e. The van der Waals surface area contributed by atoms with E-state index >= 15 is 0 Å². The molecule has 2 rings (SSSR count). The molecule has 2 heteroatoms. The number of hydrogen-bond acceptors (Lipinski definition) is 2. The lowest BCUT2D eigenvalue weighted by Gasteiger charge is -2.12. The molecule has 0 radical (unpaired) electrons. The molecule has 0 saturated carbocycles. The van der Waals surface area contributed by atoms with Gasteiger partial charge in [0.1, 0.15) is 0 Å². The van der Waals surface area contributed by atoms with Crippen molar-refractivity contribution in [3.8, 4) is 0 Å². The molecule has 1 atom stereocenters. The highest BCUT2D eigenvalue weighted by molar-refractivity contribution is 5.16. The first-order valence-electron chi connectivity index (χ1n) is 6.26. The first kappa shape index (κ1) is 15.4. The number of nitrogens with two attached hydrogens (primary N) is 1. The average Bonchev–Trinajstić information content (AvgIpc) is 2.41. The topological polar surface area (TPSA) is 35.2 Å². The van der Waals surface area contributed by atoms with Gasteiger partial charge in [0, 0.05) is 6.04 Å². The van der Waals surface area contributed by atoms with Gasteiger partial charge in [-0.2, -0.15) is 0 Å². The van der Waals surface area contributed by atoms with Crippen LogP contribution in [0.2, 0.25) is 0 Å². The Morgan fingerprint density at radius 3 is 1.95 bits per heavy atom. The van der Waals surface area contributed by atoms with Crippen LogP contribution in [0, 0.1) is 0 Å². The van der Waals surface area contributed by atoms with Crippen LogP contribution in [0.5, 0.6) is 0 Å². The van der Waals surface area contributed by atoms with Crippen molar-refractivity contribution in [1.29, 1.82) is 0 Å². The largest absolute Gasteiger partial charge is 0.375 e. The monoisotopic (exact) mass is 257 g/mol. The fraction of sp³-hybridized carbons (Fsp3) is 0.294. The van der Waals surface area contributed by atoms with Gasteiger partial charge in [0.2, 0.25) is 0 Å². The first-order chi connectivity index (χ1) is 8.84. The molecule has 2 aromatic carbocycles. The summed E-state index contributed by atoms with van der Waals surface area (Å²) in [7, 11) is 0. The molecule has 0 spiro atoms. The zero-order valence-corrected chi connectivity index (χ0v) is 10.5. The minimum absolute atomic E-state index is 0. The first-order valence-corrected chi connectivity index (χ1v) is 6.26. The number of benzene rings is 2. The van der Waals surface area contributed by atoms with Gasteiger partial charge in [-0.05, 0) is 17.5 Å². The molecule has 0 heterocycles. The Hall–Kier alpha value is -1.64. The molecule has 0 aliphatic heterocycles. The fourth-order valence-corrected chi connectivity index (χ4v) is 1.88. The molecule has 0 fully saturated rings. The molecule has 0 aromatic heterocycles. The lowest BCUT2D eigenvalue weighted by Crippen LogP contribution is -2.28. The van der Waals surface area contributed by atoms with Crippen LogP contribution in [0.25, 0.3) is 0 Å². The quantitative estimate of drug-likeness (QED) is 0.860. The Balaban J connectivity index is 0.00000180. The molecule has 0 aliphatic rings. The normalized spacial score (nSPS) is 11.6. The third-order valence-electron chi connectivity index (χ3n) is 2.78. The van der Waals surface area contributed by atoms with Gasteiger partial charge in [-0.3, -0.25) is 0 Å². The Kier molecular flexibility index (Phi) is 6.86. The van der Waals surface area contributed by atoms with E-state index in [1.54, 1.807) is 0 Å². The summed E-state index contributed by atoms with van der Waals surface area (Å²) >= 11 is 0. The summed E-state index contributed by atoms with van der Waals surface area (Å²) in [4.78, 5) is 0. The summed E-state index contributed by atoms with van der Waals surface area (Å²) < 4.78 is 5.63. The highest BCUT2D eigenvalue weighted by Crippen LogP contribution is 2.04. The maximum atomic E-state index is 6.04. The Labute approximate surface area is 116 Å². The lowest BCUT2D eigenvalue weighted by atomic mass is 10.1. The van der Waals surface area contributed by atoms with Crippen molar-refractivity contribution in [1.82, 2.24) is 0 Å². The summed E-state index contributed by atoms with van der Waals surface area (Å²) in [5.74, 6) is 0. The average molecular weight is 257 g/mol. The molecular weight excluding hydrogens is 234 g/mol. The van der Waals surface area contributed by atoms with Gasteiger partial charge < -0.3 is 10.5 Å². The van der Waals surface area contributed by atoms with E-state index in [-0.39, 0.29) is 13.5 Å². The van der Waals surface area contributed by atoms with Gasteiger partial charge in [-0.25, -0.2) is 0 Å². The fourth-order valence-electron chi connectivity index (χ4n) is 1.88. The van der Waals surface area contributed by atoms with E-state index in [4.69, 9.17) is 10.5 Å². The predicted octanol–water partition coefficient (Wildman–Crippen LogP) is 3.41. The minimum atomic E-state index is 0. The van der Waals surface area contributed by atoms with E-state index in [1.165, 1.54) is 11.1 Å². The van der Waals surface area contributed by atoms with Gasteiger partial charge in [-0.15, -0.1) is 0 Å². The van der Waals surface area contributed by atoms with Crippen molar-refractivity contribution in [3.63, 3.8) is 0 Å². The van der Waals surface area contributed by atoms with E-state index in [0.717, 1.165) is 6.42 Å². The van der Waals surface area contributed by atoms with Crippen molar-refractivity contribution in [2.45, 2.75) is 26.5 Å². The third kappa shape index (κ3) is 5.69. The van der Waals surface area contributed by atoms with E-state index in [0.29, 0.717) is 13.2 Å². The van der Waals surface area contributed by atoms with Crippen LogP contribution >= 0.6 is 0 Å². The zero-order valence-electron chi connectivity index (χ0n) is 10.5. The third-order valence-corrected chi connectivity index (χ3v) is 2.78. The molecule has 0 saturated heterocycles. The molecule has 19 heavy (non-hydrogen) atoms. The van der Waals surface area contributed by atoms with Gasteiger partial charge in [0.25, 0.3) is 0 Å². The molecular formula is C17H23NO. The van der Waals surface area contributed by atoms with Gasteiger partial charge >= 0.3 is 0 Å². The molecule has 0 aliphatic carbocycles. The van der Waals surface area contributed by atoms with Crippen molar-refractivity contribution in [2.24, 2.45) is 5.73 Å². The van der Waals surface area contributed by atoms with Gasteiger partial charge in [-0.1, -0.05) is 68.1 Å². The molecule has 102 valence electrons. The molecule has 2 aromatic rings. The molecule has 0 bridgehead atoms. The van der Waals surface area contributed by atoms with Crippen molar-refractivity contribution >= 4 is 0 Å². The predicted molar refractivity (Wildman–Crippen MR) is 81.0 cm³/mol. The van der Waals surface area contributed by atoms with Crippen LogP contribution in [-0.4, -0.2) is 12.6 Å². The summed E-state index contributed by atoms with van der Waals surface area (Å²) in [6.07, 6.45) is 0.857. The maximum absolute atomic E-state index is 6.04.